The predicted octanol–water partition coefficient (Wildman–Crippen LogP) is 2.12. The van der Waals surface area contributed by atoms with E-state index in [1.54, 1.807) is 14.0 Å². The van der Waals surface area contributed by atoms with Crippen LogP contribution in [-0.4, -0.2) is 29.4 Å². The predicted molar refractivity (Wildman–Crippen MR) is 78.5 cm³/mol. The summed E-state index contributed by atoms with van der Waals surface area (Å²) in [5, 5.41) is 4.60. The lowest BCUT2D eigenvalue weighted by Gasteiger charge is -2.07. The van der Waals surface area contributed by atoms with Gasteiger partial charge in [-0.1, -0.05) is 6.07 Å². The summed E-state index contributed by atoms with van der Waals surface area (Å²) in [5.41, 5.74) is 5.06. The quantitative estimate of drug-likeness (QED) is 0.850. The summed E-state index contributed by atoms with van der Waals surface area (Å²) in [6.45, 7) is 7.68. The van der Waals surface area contributed by atoms with Gasteiger partial charge >= 0.3 is 0 Å². The first-order valence-electron chi connectivity index (χ1n) is 6.31. The minimum Gasteiger partial charge on any atom is -0.256 e. The van der Waals surface area contributed by atoms with Crippen LogP contribution in [-0.2, 0) is 16.9 Å². The fourth-order valence-electron chi connectivity index (χ4n) is 2.44. The number of aryl methyl sites for hydroxylation is 4. The van der Waals surface area contributed by atoms with Gasteiger partial charge in [0, 0.05) is 24.6 Å². The molecule has 0 aliphatic heterocycles. The van der Waals surface area contributed by atoms with Crippen molar-refractivity contribution in [1.29, 1.82) is 0 Å². The highest BCUT2D eigenvalue weighted by Gasteiger charge is 2.23. The van der Waals surface area contributed by atoms with Crippen LogP contribution in [0.3, 0.4) is 0 Å². The third-order valence-corrected chi connectivity index (χ3v) is 4.73. The molecule has 0 bridgehead atoms. The van der Waals surface area contributed by atoms with E-state index in [9.17, 15) is 8.42 Å². The number of hydrogen-bond acceptors (Lipinski definition) is 4. The zero-order valence-corrected chi connectivity index (χ0v) is 13.5. The molecule has 0 N–H and O–H groups in total. The first-order valence-corrected chi connectivity index (χ1v) is 8.21. The molecule has 2 heterocycles. The molecule has 0 aromatic carbocycles. The molecule has 2 aromatic heterocycles. The van der Waals surface area contributed by atoms with E-state index in [1.807, 2.05) is 26.8 Å². The van der Waals surface area contributed by atoms with Crippen LogP contribution in [0.15, 0.2) is 11.1 Å². The van der Waals surface area contributed by atoms with E-state index in [0.29, 0.717) is 11.3 Å². The molecule has 0 amide bonds. The molecule has 0 aliphatic rings. The van der Waals surface area contributed by atoms with Crippen LogP contribution >= 0.6 is 0 Å². The summed E-state index contributed by atoms with van der Waals surface area (Å²) in [6.07, 6.45) is 1.20. The maximum atomic E-state index is 11.8. The standard InChI is InChI=1S/C14H19N3O2S/c1-8-7-9(2)12(15-11(8)4)13-10(3)14(17(5)16-13)20(6,18)19/h7H,1-6H3. The molecule has 20 heavy (non-hydrogen) atoms. The molecule has 0 saturated heterocycles. The van der Waals surface area contributed by atoms with Crippen molar-refractivity contribution in [3.05, 3.63) is 28.5 Å². The van der Waals surface area contributed by atoms with Crippen molar-refractivity contribution in [2.45, 2.75) is 32.7 Å². The largest absolute Gasteiger partial charge is 0.256 e. The summed E-state index contributed by atoms with van der Waals surface area (Å²) >= 11 is 0. The number of pyridine rings is 1. The lowest BCUT2D eigenvalue weighted by Crippen LogP contribution is -2.06. The highest BCUT2D eigenvalue weighted by molar-refractivity contribution is 7.90. The smallest absolute Gasteiger partial charge is 0.192 e. The van der Waals surface area contributed by atoms with E-state index in [1.165, 1.54) is 10.9 Å². The summed E-state index contributed by atoms with van der Waals surface area (Å²) in [7, 11) is -1.67. The van der Waals surface area contributed by atoms with Gasteiger partial charge in [-0.3, -0.25) is 9.67 Å². The Bertz CT molecular complexity index is 789. The first kappa shape index (κ1) is 14.7. The average Bonchev–Trinajstić information content (AvgIpc) is 2.58. The van der Waals surface area contributed by atoms with Gasteiger partial charge in [-0.05, 0) is 38.8 Å². The second kappa shape index (κ2) is 4.70. The molecule has 0 atom stereocenters. The third-order valence-electron chi connectivity index (χ3n) is 3.45. The van der Waals surface area contributed by atoms with Crippen LogP contribution in [0.2, 0.25) is 0 Å². The van der Waals surface area contributed by atoms with E-state index >= 15 is 0 Å². The molecule has 0 saturated carbocycles. The van der Waals surface area contributed by atoms with Crippen molar-refractivity contribution in [2.24, 2.45) is 7.05 Å². The zero-order chi connectivity index (χ0) is 15.2. The SMILES string of the molecule is Cc1cc(C)c(-c2nn(C)c(S(C)(=O)=O)c2C)nc1C. The van der Waals surface area contributed by atoms with Crippen LogP contribution < -0.4 is 0 Å². The summed E-state index contributed by atoms with van der Waals surface area (Å²) in [5.74, 6) is 0. The topological polar surface area (TPSA) is 64.8 Å². The van der Waals surface area contributed by atoms with Crippen molar-refractivity contribution >= 4 is 9.84 Å². The van der Waals surface area contributed by atoms with Crippen molar-refractivity contribution in [2.75, 3.05) is 6.26 Å². The monoisotopic (exact) mass is 293 g/mol. The van der Waals surface area contributed by atoms with Crippen molar-refractivity contribution in [3.8, 4) is 11.4 Å². The highest BCUT2D eigenvalue weighted by Crippen LogP contribution is 2.28. The van der Waals surface area contributed by atoms with Gasteiger partial charge in [0.25, 0.3) is 0 Å². The van der Waals surface area contributed by atoms with Crippen LogP contribution in [0.4, 0.5) is 0 Å². The van der Waals surface area contributed by atoms with E-state index in [4.69, 9.17) is 0 Å². The van der Waals surface area contributed by atoms with E-state index < -0.39 is 9.84 Å². The number of hydrogen-bond donors (Lipinski definition) is 0. The van der Waals surface area contributed by atoms with Crippen molar-refractivity contribution in [3.63, 3.8) is 0 Å². The Morgan fingerprint density at radius 2 is 1.65 bits per heavy atom. The number of rotatable bonds is 2. The molecule has 0 radical (unpaired) electrons. The molecule has 2 aromatic rings. The molecule has 5 nitrogen and oxygen atoms in total. The van der Waals surface area contributed by atoms with Crippen LogP contribution in [0, 0.1) is 27.7 Å². The minimum atomic E-state index is -3.31. The van der Waals surface area contributed by atoms with Gasteiger partial charge in [0.2, 0.25) is 0 Å². The summed E-state index contributed by atoms with van der Waals surface area (Å²) in [6, 6.07) is 2.05. The second-order valence-electron chi connectivity index (χ2n) is 5.23. The maximum absolute atomic E-state index is 11.8. The van der Waals surface area contributed by atoms with Crippen molar-refractivity contribution in [1.82, 2.24) is 14.8 Å². The van der Waals surface area contributed by atoms with Gasteiger partial charge in [-0.25, -0.2) is 8.42 Å². The van der Waals surface area contributed by atoms with E-state index in [2.05, 4.69) is 10.1 Å². The van der Waals surface area contributed by atoms with Crippen LogP contribution in [0.5, 0.6) is 0 Å². The minimum absolute atomic E-state index is 0.243. The van der Waals surface area contributed by atoms with E-state index in [-0.39, 0.29) is 5.03 Å². The molecular weight excluding hydrogens is 274 g/mol. The normalized spacial score (nSPS) is 11.9. The molecular formula is C14H19N3O2S. The van der Waals surface area contributed by atoms with Gasteiger partial charge < -0.3 is 0 Å². The van der Waals surface area contributed by atoms with Crippen LogP contribution in [0.25, 0.3) is 11.4 Å². The second-order valence-corrected chi connectivity index (χ2v) is 7.16. The van der Waals surface area contributed by atoms with Gasteiger partial charge in [-0.2, -0.15) is 5.10 Å². The summed E-state index contributed by atoms with van der Waals surface area (Å²) in [4.78, 5) is 4.57. The summed E-state index contributed by atoms with van der Waals surface area (Å²) < 4.78 is 25.1. The Morgan fingerprint density at radius 1 is 1.05 bits per heavy atom. The zero-order valence-electron chi connectivity index (χ0n) is 12.6. The Labute approximate surface area is 119 Å². The Balaban J connectivity index is 2.76. The molecule has 0 aliphatic carbocycles. The van der Waals surface area contributed by atoms with Crippen LogP contribution in [0.1, 0.15) is 22.4 Å². The fraction of sp³-hybridized carbons (Fsp3) is 0.429. The van der Waals surface area contributed by atoms with E-state index in [0.717, 1.165) is 22.5 Å². The third kappa shape index (κ3) is 2.35. The number of nitrogens with zero attached hydrogens (tertiary/aromatic N) is 3. The maximum Gasteiger partial charge on any atom is 0.192 e. The van der Waals surface area contributed by atoms with Gasteiger partial charge in [0.05, 0.1) is 5.69 Å². The number of aromatic nitrogens is 3. The molecule has 0 spiro atoms. The molecule has 108 valence electrons. The molecule has 2 rings (SSSR count). The first-order chi connectivity index (χ1) is 9.12. The van der Waals surface area contributed by atoms with Gasteiger partial charge in [0.15, 0.2) is 14.9 Å². The molecule has 0 fully saturated rings. The Hall–Kier alpha value is -1.69. The lowest BCUT2D eigenvalue weighted by molar-refractivity contribution is 0.581. The fourth-order valence-corrected chi connectivity index (χ4v) is 3.61. The van der Waals surface area contributed by atoms with Gasteiger partial charge in [0.1, 0.15) is 5.69 Å². The molecule has 0 unspecified atom stereocenters. The molecule has 6 heteroatoms. The average molecular weight is 293 g/mol. The van der Waals surface area contributed by atoms with Gasteiger partial charge in [-0.15, -0.1) is 0 Å². The van der Waals surface area contributed by atoms with Crippen molar-refractivity contribution < 1.29 is 8.42 Å². The lowest BCUT2D eigenvalue weighted by atomic mass is 10.1. The Morgan fingerprint density at radius 3 is 2.15 bits per heavy atom. The Kier molecular flexibility index (Phi) is 3.46. The highest BCUT2D eigenvalue weighted by atomic mass is 32.2. The number of sulfone groups is 1.